The standard InChI is InChI=1S/C14H18ClNO2/c1-18-13-7-3-2-6-12(13)14(17)16-8-4-5-11(9-15)10-16/h2-3,6-7,11H,4-5,8-10H2,1H3. The van der Waals surface area contributed by atoms with E-state index >= 15 is 0 Å². The van der Waals surface area contributed by atoms with Gasteiger partial charge in [0.15, 0.2) is 0 Å². The van der Waals surface area contributed by atoms with Crippen molar-refractivity contribution in [3.63, 3.8) is 0 Å². The monoisotopic (exact) mass is 267 g/mol. The number of carbonyl (C=O) groups is 1. The summed E-state index contributed by atoms with van der Waals surface area (Å²) < 4.78 is 5.24. The Labute approximate surface area is 113 Å². The summed E-state index contributed by atoms with van der Waals surface area (Å²) in [5, 5.41) is 0. The average Bonchev–Trinajstić information content (AvgIpc) is 2.46. The molecule has 1 saturated heterocycles. The first-order chi connectivity index (χ1) is 8.76. The van der Waals surface area contributed by atoms with Gasteiger partial charge in [0.05, 0.1) is 12.7 Å². The number of piperidine rings is 1. The predicted molar refractivity (Wildman–Crippen MR) is 72.3 cm³/mol. The largest absolute Gasteiger partial charge is 0.496 e. The lowest BCUT2D eigenvalue weighted by Gasteiger charge is -2.32. The minimum absolute atomic E-state index is 0.0438. The molecule has 3 nitrogen and oxygen atoms in total. The van der Waals surface area contributed by atoms with Gasteiger partial charge in [0.25, 0.3) is 5.91 Å². The normalized spacial score (nSPS) is 19.7. The number of ether oxygens (including phenoxy) is 1. The average molecular weight is 268 g/mol. The van der Waals surface area contributed by atoms with Gasteiger partial charge >= 0.3 is 0 Å². The Hall–Kier alpha value is -1.22. The van der Waals surface area contributed by atoms with Crippen LogP contribution in [0.25, 0.3) is 0 Å². The minimum Gasteiger partial charge on any atom is -0.496 e. The first kappa shape index (κ1) is 13.2. The highest BCUT2D eigenvalue weighted by Crippen LogP contribution is 2.23. The molecular formula is C14H18ClNO2. The van der Waals surface area contributed by atoms with Gasteiger partial charge in [-0.3, -0.25) is 4.79 Å². The van der Waals surface area contributed by atoms with Crippen LogP contribution in [0.1, 0.15) is 23.2 Å². The van der Waals surface area contributed by atoms with E-state index in [1.54, 1.807) is 7.11 Å². The van der Waals surface area contributed by atoms with Crippen LogP contribution in [-0.2, 0) is 0 Å². The van der Waals surface area contributed by atoms with E-state index in [4.69, 9.17) is 16.3 Å². The third-order valence-corrected chi connectivity index (χ3v) is 3.80. The molecule has 1 aromatic rings. The van der Waals surface area contributed by atoms with Crippen LogP contribution in [0.5, 0.6) is 5.75 Å². The molecule has 1 aromatic carbocycles. The number of likely N-dealkylation sites (tertiary alicyclic amines) is 1. The number of benzene rings is 1. The summed E-state index contributed by atoms with van der Waals surface area (Å²) in [4.78, 5) is 14.3. The van der Waals surface area contributed by atoms with Crippen molar-refractivity contribution < 1.29 is 9.53 Å². The fourth-order valence-electron chi connectivity index (χ4n) is 2.37. The number of amides is 1. The number of hydrogen-bond donors (Lipinski definition) is 0. The summed E-state index contributed by atoms with van der Waals surface area (Å²) in [6.45, 7) is 1.56. The molecule has 0 saturated carbocycles. The lowest BCUT2D eigenvalue weighted by Crippen LogP contribution is -2.40. The summed E-state index contributed by atoms with van der Waals surface area (Å²) in [5.74, 6) is 1.72. The van der Waals surface area contributed by atoms with Crippen LogP contribution in [0.2, 0.25) is 0 Å². The summed E-state index contributed by atoms with van der Waals surface area (Å²) in [5.41, 5.74) is 0.634. The van der Waals surface area contributed by atoms with E-state index < -0.39 is 0 Å². The first-order valence-corrected chi connectivity index (χ1v) is 6.78. The summed E-state index contributed by atoms with van der Waals surface area (Å²) >= 11 is 5.89. The second-order valence-electron chi connectivity index (χ2n) is 4.61. The molecule has 18 heavy (non-hydrogen) atoms. The number of rotatable bonds is 3. The van der Waals surface area contributed by atoms with Gasteiger partial charge in [0, 0.05) is 19.0 Å². The van der Waals surface area contributed by atoms with Crippen LogP contribution >= 0.6 is 11.6 Å². The molecule has 0 spiro atoms. The summed E-state index contributed by atoms with van der Waals surface area (Å²) in [6.07, 6.45) is 2.14. The van der Waals surface area contributed by atoms with E-state index in [-0.39, 0.29) is 5.91 Å². The molecule has 1 fully saturated rings. The molecule has 1 heterocycles. The number of nitrogens with zero attached hydrogens (tertiary/aromatic N) is 1. The molecule has 0 bridgehead atoms. The maximum atomic E-state index is 12.4. The third kappa shape index (κ3) is 2.78. The highest BCUT2D eigenvalue weighted by Gasteiger charge is 2.25. The molecule has 1 atom stereocenters. The maximum Gasteiger partial charge on any atom is 0.257 e. The van der Waals surface area contributed by atoms with Crippen LogP contribution in [0, 0.1) is 5.92 Å². The van der Waals surface area contributed by atoms with Gasteiger partial charge in [-0.1, -0.05) is 12.1 Å². The second kappa shape index (κ2) is 6.10. The number of methoxy groups -OCH3 is 1. The van der Waals surface area contributed by atoms with Gasteiger partial charge < -0.3 is 9.64 Å². The number of halogens is 1. The minimum atomic E-state index is 0.0438. The van der Waals surface area contributed by atoms with Crippen LogP contribution in [0.4, 0.5) is 0 Å². The Balaban J connectivity index is 2.15. The van der Waals surface area contributed by atoms with Crippen molar-refractivity contribution in [2.75, 3.05) is 26.1 Å². The lowest BCUT2D eigenvalue weighted by molar-refractivity contribution is 0.0681. The SMILES string of the molecule is COc1ccccc1C(=O)N1CCCC(CCl)C1. The Morgan fingerprint density at radius 3 is 3.00 bits per heavy atom. The topological polar surface area (TPSA) is 29.5 Å². The zero-order valence-corrected chi connectivity index (χ0v) is 11.3. The van der Waals surface area contributed by atoms with Gasteiger partial charge in [-0.2, -0.15) is 0 Å². The molecule has 98 valence electrons. The molecule has 1 aliphatic heterocycles. The molecule has 0 radical (unpaired) electrons. The van der Waals surface area contributed by atoms with Crippen LogP contribution in [0.15, 0.2) is 24.3 Å². The molecule has 2 rings (SSSR count). The molecule has 0 aromatic heterocycles. The lowest BCUT2D eigenvalue weighted by atomic mass is 9.99. The van der Waals surface area contributed by atoms with Gasteiger partial charge in [-0.15, -0.1) is 11.6 Å². The van der Waals surface area contributed by atoms with Crippen LogP contribution in [0.3, 0.4) is 0 Å². The molecule has 1 amide bonds. The molecule has 1 unspecified atom stereocenters. The van der Waals surface area contributed by atoms with E-state index in [1.807, 2.05) is 29.2 Å². The highest BCUT2D eigenvalue weighted by atomic mass is 35.5. The highest BCUT2D eigenvalue weighted by molar-refractivity contribution is 6.18. The van der Waals surface area contributed by atoms with Crippen molar-refractivity contribution in [3.8, 4) is 5.75 Å². The van der Waals surface area contributed by atoms with E-state index in [1.165, 1.54) is 0 Å². The maximum absolute atomic E-state index is 12.4. The van der Waals surface area contributed by atoms with Crippen molar-refractivity contribution in [2.45, 2.75) is 12.8 Å². The van der Waals surface area contributed by atoms with E-state index in [0.29, 0.717) is 23.1 Å². The van der Waals surface area contributed by atoms with Gasteiger partial charge in [-0.25, -0.2) is 0 Å². The third-order valence-electron chi connectivity index (χ3n) is 3.36. The van der Waals surface area contributed by atoms with E-state index in [0.717, 1.165) is 25.9 Å². The molecule has 0 aliphatic carbocycles. The van der Waals surface area contributed by atoms with E-state index in [2.05, 4.69) is 0 Å². The van der Waals surface area contributed by atoms with Crippen molar-refractivity contribution in [3.05, 3.63) is 29.8 Å². The number of hydrogen-bond acceptors (Lipinski definition) is 2. The van der Waals surface area contributed by atoms with Gasteiger partial charge in [-0.05, 0) is 30.9 Å². The molecule has 4 heteroatoms. The quantitative estimate of drug-likeness (QED) is 0.788. The first-order valence-electron chi connectivity index (χ1n) is 6.24. The fraction of sp³-hybridized carbons (Fsp3) is 0.500. The second-order valence-corrected chi connectivity index (χ2v) is 4.92. The van der Waals surface area contributed by atoms with Gasteiger partial charge in [0.2, 0.25) is 0 Å². The fourth-order valence-corrected chi connectivity index (χ4v) is 2.62. The number of para-hydroxylation sites is 1. The Bertz CT molecular complexity index is 422. The van der Waals surface area contributed by atoms with Crippen molar-refractivity contribution in [1.29, 1.82) is 0 Å². The van der Waals surface area contributed by atoms with Crippen molar-refractivity contribution >= 4 is 17.5 Å². The zero-order chi connectivity index (χ0) is 13.0. The van der Waals surface area contributed by atoms with Crippen LogP contribution in [-0.4, -0.2) is 36.9 Å². The Morgan fingerprint density at radius 2 is 2.28 bits per heavy atom. The molecule has 0 N–H and O–H groups in total. The molecular weight excluding hydrogens is 250 g/mol. The summed E-state index contributed by atoms with van der Waals surface area (Å²) in [6, 6.07) is 7.35. The zero-order valence-electron chi connectivity index (χ0n) is 10.6. The van der Waals surface area contributed by atoms with Crippen LogP contribution < -0.4 is 4.74 Å². The number of carbonyl (C=O) groups excluding carboxylic acids is 1. The molecule has 1 aliphatic rings. The Kier molecular flexibility index (Phi) is 4.48. The predicted octanol–water partition coefficient (Wildman–Crippen LogP) is 2.79. The van der Waals surface area contributed by atoms with Gasteiger partial charge in [0.1, 0.15) is 5.75 Å². The number of alkyl halides is 1. The summed E-state index contributed by atoms with van der Waals surface area (Å²) in [7, 11) is 1.59. The van der Waals surface area contributed by atoms with E-state index in [9.17, 15) is 4.79 Å². The smallest absolute Gasteiger partial charge is 0.257 e. The van der Waals surface area contributed by atoms with Crippen molar-refractivity contribution in [2.24, 2.45) is 5.92 Å². The Morgan fingerprint density at radius 1 is 1.50 bits per heavy atom. The van der Waals surface area contributed by atoms with Crippen molar-refractivity contribution in [1.82, 2.24) is 4.90 Å².